The van der Waals surface area contributed by atoms with Gasteiger partial charge in [-0.1, -0.05) is 12.8 Å². The number of amides is 1. The van der Waals surface area contributed by atoms with Crippen LogP contribution in [0.15, 0.2) is 0 Å². The predicted octanol–water partition coefficient (Wildman–Crippen LogP) is 0.359. The number of hydrogen-bond acceptors (Lipinski definition) is 3. The first-order valence-corrected chi connectivity index (χ1v) is 5.66. The first-order valence-electron chi connectivity index (χ1n) is 5.66. The van der Waals surface area contributed by atoms with Gasteiger partial charge in [0.05, 0.1) is 5.60 Å². The number of carbonyl (C=O) groups excluding carboxylic acids is 1. The molecule has 0 aromatic carbocycles. The smallest absolute Gasteiger partial charge is 0.221 e. The van der Waals surface area contributed by atoms with Crippen LogP contribution in [-0.2, 0) is 4.79 Å². The molecule has 88 valence electrons. The Morgan fingerprint density at radius 1 is 1.40 bits per heavy atom. The minimum Gasteiger partial charge on any atom is -0.388 e. The molecular formula is C11H22N2O2. The normalized spacial score (nSPS) is 19.5. The number of hydrogen-bond donors (Lipinski definition) is 2. The minimum absolute atomic E-state index is 0.0315. The second kappa shape index (κ2) is 5.47. The molecule has 1 aliphatic rings. The van der Waals surface area contributed by atoms with Crippen LogP contribution >= 0.6 is 0 Å². The number of aliphatic hydroxyl groups is 1. The molecule has 1 fully saturated rings. The van der Waals surface area contributed by atoms with E-state index in [1.54, 1.807) is 0 Å². The van der Waals surface area contributed by atoms with Crippen molar-refractivity contribution in [2.75, 3.05) is 27.2 Å². The Balaban J connectivity index is 2.16. The van der Waals surface area contributed by atoms with Gasteiger partial charge in [0.25, 0.3) is 0 Å². The maximum Gasteiger partial charge on any atom is 0.221 e. The molecule has 0 aromatic heterocycles. The third kappa shape index (κ3) is 4.62. The molecule has 1 saturated carbocycles. The van der Waals surface area contributed by atoms with Gasteiger partial charge in [-0.05, 0) is 26.9 Å². The topological polar surface area (TPSA) is 52.6 Å². The molecule has 2 N–H and O–H groups in total. The number of rotatable bonds is 5. The highest BCUT2D eigenvalue weighted by atomic mass is 16.3. The predicted molar refractivity (Wildman–Crippen MR) is 59.6 cm³/mol. The second-order valence-corrected chi connectivity index (χ2v) is 4.76. The van der Waals surface area contributed by atoms with Crippen molar-refractivity contribution in [3.05, 3.63) is 0 Å². The highest BCUT2D eigenvalue weighted by molar-refractivity contribution is 5.76. The van der Waals surface area contributed by atoms with Crippen LogP contribution in [0.3, 0.4) is 0 Å². The third-order valence-corrected chi connectivity index (χ3v) is 2.93. The summed E-state index contributed by atoms with van der Waals surface area (Å²) in [5.74, 6) is 0.0315. The van der Waals surface area contributed by atoms with Gasteiger partial charge in [0.15, 0.2) is 0 Å². The van der Waals surface area contributed by atoms with Crippen LogP contribution < -0.4 is 5.32 Å². The van der Waals surface area contributed by atoms with Crippen LogP contribution in [0, 0.1) is 0 Å². The van der Waals surface area contributed by atoms with E-state index in [-0.39, 0.29) is 5.91 Å². The molecule has 0 atom stereocenters. The zero-order valence-corrected chi connectivity index (χ0v) is 9.75. The standard InChI is InChI=1S/C11H22N2O2/c1-13(2)8-5-10(14)12-9-11(15)6-3-4-7-11/h15H,3-9H2,1-2H3,(H,12,14). The van der Waals surface area contributed by atoms with E-state index in [0.717, 1.165) is 32.2 Å². The van der Waals surface area contributed by atoms with Crippen LogP contribution in [0.5, 0.6) is 0 Å². The highest BCUT2D eigenvalue weighted by Crippen LogP contribution is 2.28. The van der Waals surface area contributed by atoms with Crippen molar-refractivity contribution in [2.24, 2.45) is 0 Å². The van der Waals surface area contributed by atoms with Crippen LogP contribution in [0.4, 0.5) is 0 Å². The monoisotopic (exact) mass is 214 g/mol. The lowest BCUT2D eigenvalue weighted by molar-refractivity contribution is -0.122. The zero-order chi connectivity index (χ0) is 11.3. The molecule has 0 bridgehead atoms. The molecule has 0 radical (unpaired) electrons. The first kappa shape index (κ1) is 12.5. The number of carbonyl (C=O) groups is 1. The van der Waals surface area contributed by atoms with E-state index in [4.69, 9.17) is 0 Å². The Morgan fingerprint density at radius 3 is 2.53 bits per heavy atom. The summed E-state index contributed by atoms with van der Waals surface area (Å²) in [6, 6.07) is 0. The molecule has 0 heterocycles. The summed E-state index contributed by atoms with van der Waals surface area (Å²) in [6.07, 6.45) is 4.29. The summed E-state index contributed by atoms with van der Waals surface area (Å²) in [6.45, 7) is 1.17. The van der Waals surface area contributed by atoms with E-state index in [2.05, 4.69) is 5.32 Å². The van der Waals surface area contributed by atoms with Gasteiger partial charge in [0, 0.05) is 19.5 Å². The summed E-state index contributed by atoms with van der Waals surface area (Å²) < 4.78 is 0. The summed E-state index contributed by atoms with van der Waals surface area (Å²) in [4.78, 5) is 13.4. The molecule has 1 rings (SSSR count). The average Bonchev–Trinajstić information content (AvgIpc) is 2.60. The van der Waals surface area contributed by atoms with Crippen LogP contribution in [-0.4, -0.2) is 48.7 Å². The lowest BCUT2D eigenvalue weighted by Gasteiger charge is -2.22. The Morgan fingerprint density at radius 2 is 2.00 bits per heavy atom. The highest BCUT2D eigenvalue weighted by Gasteiger charge is 2.31. The van der Waals surface area contributed by atoms with E-state index in [0.29, 0.717) is 13.0 Å². The fourth-order valence-corrected chi connectivity index (χ4v) is 1.89. The fraction of sp³-hybridized carbons (Fsp3) is 0.909. The van der Waals surface area contributed by atoms with Gasteiger partial charge in [0.1, 0.15) is 0 Å². The largest absolute Gasteiger partial charge is 0.388 e. The Hall–Kier alpha value is -0.610. The Bertz CT molecular complexity index is 211. The maximum absolute atomic E-state index is 11.4. The third-order valence-electron chi connectivity index (χ3n) is 2.93. The lowest BCUT2D eigenvalue weighted by atomic mass is 10.0. The van der Waals surface area contributed by atoms with Gasteiger partial charge in [-0.3, -0.25) is 4.79 Å². The van der Waals surface area contributed by atoms with Crippen molar-refractivity contribution in [3.8, 4) is 0 Å². The Labute approximate surface area is 91.6 Å². The summed E-state index contributed by atoms with van der Waals surface area (Å²) in [5, 5.41) is 12.8. The zero-order valence-electron chi connectivity index (χ0n) is 9.75. The van der Waals surface area contributed by atoms with E-state index in [9.17, 15) is 9.90 Å². The van der Waals surface area contributed by atoms with Gasteiger partial charge in [-0.15, -0.1) is 0 Å². The average molecular weight is 214 g/mol. The van der Waals surface area contributed by atoms with Crippen molar-refractivity contribution in [1.82, 2.24) is 10.2 Å². The van der Waals surface area contributed by atoms with Gasteiger partial charge in [-0.2, -0.15) is 0 Å². The van der Waals surface area contributed by atoms with Gasteiger partial charge in [-0.25, -0.2) is 0 Å². The maximum atomic E-state index is 11.4. The molecule has 0 unspecified atom stereocenters. The molecule has 0 aliphatic heterocycles. The molecule has 15 heavy (non-hydrogen) atoms. The van der Waals surface area contributed by atoms with E-state index in [1.165, 1.54) is 0 Å². The molecule has 1 amide bonds. The lowest BCUT2D eigenvalue weighted by Crippen LogP contribution is -2.41. The number of nitrogens with one attached hydrogen (secondary N) is 1. The molecule has 0 aromatic rings. The van der Waals surface area contributed by atoms with Crippen molar-refractivity contribution >= 4 is 5.91 Å². The van der Waals surface area contributed by atoms with Crippen molar-refractivity contribution < 1.29 is 9.90 Å². The molecule has 0 spiro atoms. The van der Waals surface area contributed by atoms with Gasteiger partial charge < -0.3 is 15.3 Å². The second-order valence-electron chi connectivity index (χ2n) is 4.76. The molecule has 4 heteroatoms. The van der Waals surface area contributed by atoms with Gasteiger partial charge in [0.2, 0.25) is 5.91 Å². The van der Waals surface area contributed by atoms with Crippen molar-refractivity contribution in [2.45, 2.75) is 37.7 Å². The van der Waals surface area contributed by atoms with Crippen molar-refractivity contribution in [1.29, 1.82) is 0 Å². The molecule has 1 aliphatic carbocycles. The van der Waals surface area contributed by atoms with Crippen LogP contribution in [0.1, 0.15) is 32.1 Å². The first-order chi connectivity index (χ1) is 7.02. The van der Waals surface area contributed by atoms with E-state index < -0.39 is 5.60 Å². The van der Waals surface area contributed by atoms with Crippen molar-refractivity contribution in [3.63, 3.8) is 0 Å². The minimum atomic E-state index is -0.631. The number of nitrogens with zero attached hydrogens (tertiary/aromatic N) is 1. The van der Waals surface area contributed by atoms with Crippen LogP contribution in [0.2, 0.25) is 0 Å². The summed E-state index contributed by atoms with van der Waals surface area (Å²) in [5.41, 5.74) is -0.631. The quantitative estimate of drug-likeness (QED) is 0.695. The van der Waals surface area contributed by atoms with E-state index in [1.807, 2.05) is 19.0 Å². The van der Waals surface area contributed by atoms with Gasteiger partial charge >= 0.3 is 0 Å². The fourth-order valence-electron chi connectivity index (χ4n) is 1.89. The molecule has 4 nitrogen and oxygen atoms in total. The molecule has 0 saturated heterocycles. The Kier molecular flexibility index (Phi) is 4.54. The summed E-state index contributed by atoms with van der Waals surface area (Å²) >= 11 is 0. The molecular weight excluding hydrogens is 192 g/mol. The van der Waals surface area contributed by atoms with Crippen LogP contribution in [0.25, 0.3) is 0 Å². The SMILES string of the molecule is CN(C)CCC(=O)NCC1(O)CCCC1. The van der Waals surface area contributed by atoms with E-state index >= 15 is 0 Å². The summed E-state index contributed by atoms with van der Waals surface area (Å²) in [7, 11) is 3.88.